The summed E-state index contributed by atoms with van der Waals surface area (Å²) in [4.78, 5) is 15.3. The van der Waals surface area contributed by atoms with Crippen molar-refractivity contribution >= 4 is 11.7 Å². The van der Waals surface area contributed by atoms with Crippen LogP contribution in [0.5, 0.6) is 0 Å². The molecule has 0 amide bonds. The SMILES string of the molecule is C[C@@H](CN[C@H](c1ccccc1)[C@H]1CNc2cc(F)cnc2C1)c1cc(CC(=O)O)ccc1F. The van der Waals surface area contributed by atoms with E-state index in [-0.39, 0.29) is 35.9 Å². The van der Waals surface area contributed by atoms with Gasteiger partial charge in [-0.1, -0.05) is 49.4 Å². The maximum atomic E-state index is 14.5. The van der Waals surface area contributed by atoms with Gasteiger partial charge in [0.1, 0.15) is 11.6 Å². The molecule has 1 aliphatic rings. The van der Waals surface area contributed by atoms with Crippen molar-refractivity contribution < 1.29 is 18.7 Å². The molecular formula is C26H27F2N3O2. The number of nitrogens with zero attached hydrogens (tertiary/aromatic N) is 1. The van der Waals surface area contributed by atoms with Gasteiger partial charge in [-0.25, -0.2) is 8.78 Å². The number of pyridine rings is 1. The Hall–Kier alpha value is -3.32. The summed E-state index contributed by atoms with van der Waals surface area (Å²) >= 11 is 0. The van der Waals surface area contributed by atoms with E-state index in [4.69, 9.17) is 5.11 Å². The van der Waals surface area contributed by atoms with Crippen LogP contribution >= 0.6 is 0 Å². The van der Waals surface area contributed by atoms with Gasteiger partial charge >= 0.3 is 5.97 Å². The van der Waals surface area contributed by atoms with E-state index < -0.39 is 5.97 Å². The number of hydrogen-bond donors (Lipinski definition) is 3. The molecule has 2 aromatic carbocycles. The summed E-state index contributed by atoms with van der Waals surface area (Å²) in [6.45, 7) is 3.09. The van der Waals surface area contributed by atoms with Crippen molar-refractivity contribution in [2.75, 3.05) is 18.4 Å². The van der Waals surface area contributed by atoms with E-state index in [1.54, 1.807) is 6.07 Å². The normalized spacial score (nSPS) is 17.0. The Morgan fingerprint density at radius 1 is 1.21 bits per heavy atom. The Bertz CT molecular complexity index is 1120. The van der Waals surface area contributed by atoms with Crippen molar-refractivity contribution in [2.24, 2.45) is 5.92 Å². The van der Waals surface area contributed by atoms with Crippen molar-refractivity contribution in [3.8, 4) is 0 Å². The molecule has 0 aliphatic carbocycles. The summed E-state index contributed by atoms with van der Waals surface area (Å²) in [7, 11) is 0. The fourth-order valence-corrected chi connectivity index (χ4v) is 4.47. The first-order valence-electron chi connectivity index (χ1n) is 11.1. The van der Waals surface area contributed by atoms with Crippen LogP contribution in [0.3, 0.4) is 0 Å². The number of aromatic nitrogens is 1. The van der Waals surface area contributed by atoms with E-state index in [1.165, 1.54) is 24.4 Å². The molecule has 0 bridgehead atoms. The third-order valence-corrected chi connectivity index (χ3v) is 6.17. The van der Waals surface area contributed by atoms with Gasteiger partial charge in [0.05, 0.1) is 24.0 Å². The standard InChI is InChI=1S/C26H27F2N3O2/c1-16(21-9-17(10-25(32)33)7-8-22(21)28)13-31-26(18-5-3-2-4-6-18)19-11-23-24(29-14-19)12-20(27)15-30-23/h2-9,12,15-16,19,26,29,31H,10-11,13-14H2,1H3,(H,32,33)/t16-,19+,26+/m0/s1. The van der Waals surface area contributed by atoms with Crippen LogP contribution in [-0.2, 0) is 17.6 Å². The Morgan fingerprint density at radius 2 is 2.00 bits per heavy atom. The van der Waals surface area contributed by atoms with Crippen molar-refractivity contribution in [1.29, 1.82) is 0 Å². The number of carboxylic acid groups (broad SMARTS) is 1. The summed E-state index contributed by atoms with van der Waals surface area (Å²) < 4.78 is 28.1. The number of anilines is 1. The number of carbonyl (C=O) groups is 1. The number of hydrogen-bond acceptors (Lipinski definition) is 4. The maximum absolute atomic E-state index is 14.5. The molecular weight excluding hydrogens is 424 g/mol. The molecule has 33 heavy (non-hydrogen) atoms. The molecule has 3 atom stereocenters. The maximum Gasteiger partial charge on any atom is 0.307 e. The second kappa shape index (κ2) is 10.1. The first-order valence-corrected chi connectivity index (χ1v) is 11.1. The minimum atomic E-state index is -0.943. The monoisotopic (exact) mass is 451 g/mol. The predicted molar refractivity (Wildman–Crippen MR) is 123 cm³/mol. The molecule has 1 aromatic heterocycles. The molecule has 0 fully saturated rings. The van der Waals surface area contributed by atoms with Crippen LogP contribution in [0.15, 0.2) is 60.8 Å². The van der Waals surface area contributed by atoms with Crippen LogP contribution in [0.4, 0.5) is 14.5 Å². The fourth-order valence-electron chi connectivity index (χ4n) is 4.47. The minimum Gasteiger partial charge on any atom is -0.481 e. The third-order valence-electron chi connectivity index (χ3n) is 6.17. The second-order valence-corrected chi connectivity index (χ2v) is 8.62. The van der Waals surface area contributed by atoms with Crippen molar-refractivity contribution in [3.63, 3.8) is 0 Å². The van der Waals surface area contributed by atoms with Crippen molar-refractivity contribution in [1.82, 2.24) is 10.3 Å². The van der Waals surface area contributed by atoms with Gasteiger partial charge in [0.15, 0.2) is 0 Å². The highest BCUT2D eigenvalue weighted by molar-refractivity contribution is 5.70. The van der Waals surface area contributed by atoms with Gasteiger partial charge < -0.3 is 15.7 Å². The predicted octanol–water partition coefficient (Wildman–Crippen LogP) is 4.71. The lowest BCUT2D eigenvalue weighted by molar-refractivity contribution is -0.136. The number of carboxylic acids is 1. The molecule has 2 heterocycles. The molecule has 0 unspecified atom stereocenters. The molecule has 0 radical (unpaired) electrons. The van der Waals surface area contributed by atoms with Gasteiger partial charge in [0.2, 0.25) is 0 Å². The number of fused-ring (bicyclic) bond motifs is 1. The minimum absolute atomic E-state index is 0.0218. The van der Waals surface area contributed by atoms with E-state index in [0.717, 1.165) is 16.9 Å². The zero-order chi connectivity index (χ0) is 23.4. The van der Waals surface area contributed by atoms with Gasteiger partial charge in [-0.3, -0.25) is 9.78 Å². The molecule has 3 N–H and O–H groups in total. The molecule has 5 nitrogen and oxygen atoms in total. The summed E-state index contributed by atoms with van der Waals surface area (Å²) in [6, 6.07) is 16.0. The van der Waals surface area contributed by atoms with Crippen LogP contribution in [0.1, 0.15) is 41.3 Å². The number of aliphatic carboxylic acids is 1. The largest absolute Gasteiger partial charge is 0.481 e. The number of rotatable bonds is 8. The lowest BCUT2D eigenvalue weighted by Gasteiger charge is -2.33. The average molecular weight is 452 g/mol. The summed E-state index contributed by atoms with van der Waals surface area (Å²) in [5, 5.41) is 16.0. The van der Waals surface area contributed by atoms with Crippen LogP contribution in [-0.4, -0.2) is 29.1 Å². The first kappa shape index (κ1) is 22.9. The first-order chi connectivity index (χ1) is 15.9. The van der Waals surface area contributed by atoms with E-state index in [9.17, 15) is 13.6 Å². The number of halogens is 2. The number of benzene rings is 2. The lowest BCUT2D eigenvalue weighted by atomic mass is 9.86. The Morgan fingerprint density at radius 3 is 2.76 bits per heavy atom. The Balaban J connectivity index is 1.52. The van der Waals surface area contributed by atoms with Crippen molar-refractivity contribution in [3.05, 3.63) is 94.8 Å². The quantitative estimate of drug-likeness (QED) is 0.463. The van der Waals surface area contributed by atoms with Crippen molar-refractivity contribution in [2.45, 2.75) is 31.7 Å². The fraction of sp³-hybridized carbons (Fsp3) is 0.308. The van der Waals surface area contributed by atoms with Crippen LogP contribution in [0.2, 0.25) is 0 Å². The van der Waals surface area contributed by atoms with Crippen LogP contribution in [0, 0.1) is 17.6 Å². The van der Waals surface area contributed by atoms with Crippen LogP contribution < -0.4 is 10.6 Å². The molecule has 4 rings (SSSR count). The summed E-state index contributed by atoms with van der Waals surface area (Å²) in [6.07, 6.45) is 1.79. The summed E-state index contributed by atoms with van der Waals surface area (Å²) in [5.74, 6) is -1.65. The highest BCUT2D eigenvalue weighted by atomic mass is 19.1. The van der Waals surface area contributed by atoms with E-state index in [0.29, 0.717) is 30.6 Å². The van der Waals surface area contributed by atoms with Gasteiger partial charge in [0, 0.05) is 31.1 Å². The molecule has 0 spiro atoms. The average Bonchev–Trinajstić information content (AvgIpc) is 2.80. The highest BCUT2D eigenvalue weighted by Gasteiger charge is 2.29. The lowest BCUT2D eigenvalue weighted by Crippen LogP contribution is -2.38. The Kier molecular flexibility index (Phi) is 6.99. The molecule has 0 saturated carbocycles. The zero-order valence-corrected chi connectivity index (χ0v) is 18.4. The van der Waals surface area contributed by atoms with Gasteiger partial charge in [-0.05, 0) is 35.1 Å². The van der Waals surface area contributed by atoms with E-state index in [2.05, 4.69) is 27.8 Å². The van der Waals surface area contributed by atoms with Gasteiger partial charge in [-0.2, -0.15) is 0 Å². The van der Waals surface area contributed by atoms with Gasteiger partial charge in [-0.15, -0.1) is 0 Å². The smallest absolute Gasteiger partial charge is 0.307 e. The second-order valence-electron chi connectivity index (χ2n) is 8.62. The van der Waals surface area contributed by atoms with E-state index in [1.807, 2.05) is 25.1 Å². The zero-order valence-electron chi connectivity index (χ0n) is 18.4. The summed E-state index contributed by atoms with van der Waals surface area (Å²) in [5.41, 5.74) is 3.75. The molecule has 7 heteroatoms. The third kappa shape index (κ3) is 5.54. The van der Waals surface area contributed by atoms with E-state index >= 15 is 0 Å². The topological polar surface area (TPSA) is 74.2 Å². The molecule has 172 valence electrons. The Labute approximate surface area is 191 Å². The molecule has 3 aromatic rings. The highest BCUT2D eigenvalue weighted by Crippen LogP contribution is 2.32. The number of nitrogens with one attached hydrogen (secondary N) is 2. The molecule has 0 saturated heterocycles. The van der Waals surface area contributed by atoms with Gasteiger partial charge in [0.25, 0.3) is 0 Å². The molecule has 1 aliphatic heterocycles. The van der Waals surface area contributed by atoms with Crippen LogP contribution in [0.25, 0.3) is 0 Å².